The van der Waals surface area contributed by atoms with Crippen LogP contribution in [0.1, 0.15) is 25.8 Å². The van der Waals surface area contributed by atoms with Gasteiger partial charge >= 0.3 is 0 Å². The summed E-state index contributed by atoms with van der Waals surface area (Å²) >= 11 is 0. The molecular weight excluding hydrogens is 266 g/mol. The maximum atomic E-state index is 12.1. The van der Waals surface area contributed by atoms with E-state index in [0.29, 0.717) is 5.69 Å². The first-order valence-corrected chi connectivity index (χ1v) is 7.43. The number of carbonyl (C=O) groups is 1. The van der Waals surface area contributed by atoms with Crippen LogP contribution in [0, 0.1) is 0 Å². The minimum absolute atomic E-state index is 0.0538. The van der Waals surface area contributed by atoms with Crippen molar-refractivity contribution in [1.29, 1.82) is 0 Å². The van der Waals surface area contributed by atoms with Gasteiger partial charge in [0, 0.05) is 18.2 Å². The number of hydrogen-bond acceptors (Lipinski definition) is 4. The summed E-state index contributed by atoms with van der Waals surface area (Å²) < 4.78 is 26.5. The maximum Gasteiger partial charge on any atom is 0.240 e. The van der Waals surface area contributed by atoms with Crippen molar-refractivity contribution in [3.63, 3.8) is 0 Å². The molecular formula is C12H19N3O3S. The summed E-state index contributed by atoms with van der Waals surface area (Å²) in [5.41, 5.74) is 12.1. The Balaban J connectivity index is 2.94. The van der Waals surface area contributed by atoms with E-state index in [2.05, 4.69) is 4.72 Å². The standard InChI is InChI=1S/C12H19N3O3S/c1-3-9-4-5-10(7-11(9)13)19(17,18)15-8(2)6-12(14)16/h4-5,7-8,15H,3,6,13H2,1-2H3,(H2,14,16). The van der Waals surface area contributed by atoms with Crippen molar-refractivity contribution in [1.82, 2.24) is 4.72 Å². The zero-order valence-corrected chi connectivity index (χ0v) is 11.8. The molecule has 0 aliphatic carbocycles. The minimum Gasteiger partial charge on any atom is -0.398 e. The molecule has 0 saturated carbocycles. The van der Waals surface area contributed by atoms with E-state index in [0.717, 1.165) is 12.0 Å². The molecule has 6 nitrogen and oxygen atoms in total. The second kappa shape index (κ2) is 6.03. The van der Waals surface area contributed by atoms with Crippen LogP contribution < -0.4 is 16.2 Å². The molecule has 1 rings (SSSR count). The van der Waals surface area contributed by atoms with Gasteiger partial charge in [-0.1, -0.05) is 13.0 Å². The SMILES string of the molecule is CCc1ccc(S(=O)(=O)NC(C)CC(N)=O)cc1N. The van der Waals surface area contributed by atoms with Gasteiger partial charge in [0.1, 0.15) is 0 Å². The summed E-state index contributed by atoms with van der Waals surface area (Å²) in [6, 6.07) is 4.03. The third-order valence-electron chi connectivity index (χ3n) is 2.67. The summed E-state index contributed by atoms with van der Waals surface area (Å²) in [4.78, 5) is 10.8. The van der Waals surface area contributed by atoms with Crippen LogP contribution in [-0.2, 0) is 21.2 Å². The fraction of sp³-hybridized carbons (Fsp3) is 0.417. The fourth-order valence-electron chi connectivity index (χ4n) is 1.74. The Morgan fingerprint density at radius 3 is 2.53 bits per heavy atom. The van der Waals surface area contributed by atoms with Crippen molar-refractivity contribution in [3.05, 3.63) is 23.8 Å². The van der Waals surface area contributed by atoms with Crippen LogP contribution in [0.25, 0.3) is 0 Å². The van der Waals surface area contributed by atoms with E-state index in [1.807, 2.05) is 6.92 Å². The van der Waals surface area contributed by atoms with Gasteiger partial charge in [-0.2, -0.15) is 0 Å². The number of benzene rings is 1. The van der Waals surface area contributed by atoms with Gasteiger partial charge < -0.3 is 11.5 Å². The number of nitrogens with one attached hydrogen (secondary N) is 1. The van der Waals surface area contributed by atoms with Crippen molar-refractivity contribution in [2.24, 2.45) is 5.73 Å². The van der Waals surface area contributed by atoms with Gasteiger partial charge in [-0.25, -0.2) is 13.1 Å². The molecule has 106 valence electrons. The van der Waals surface area contributed by atoms with E-state index in [9.17, 15) is 13.2 Å². The van der Waals surface area contributed by atoms with Gasteiger partial charge in [0.25, 0.3) is 0 Å². The molecule has 0 saturated heterocycles. The van der Waals surface area contributed by atoms with Crippen LogP contribution in [0.4, 0.5) is 5.69 Å². The Bertz CT molecular complexity index is 570. The Kier molecular flexibility index (Phi) is 4.90. The van der Waals surface area contributed by atoms with Gasteiger partial charge in [-0.05, 0) is 31.0 Å². The van der Waals surface area contributed by atoms with Crippen LogP contribution in [0.2, 0.25) is 0 Å². The predicted octanol–water partition coefficient (Wildman–Crippen LogP) is 0.373. The lowest BCUT2D eigenvalue weighted by Gasteiger charge is -2.13. The molecule has 19 heavy (non-hydrogen) atoms. The molecule has 1 atom stereocenters. The van der Waals surface area contributed by atoms with Gasteiger partial charge in [0.2, 0.25) is 15.9 Å². The molecule has 1 amide bonds. The topological polar surface area (TPSA) is 115 Å². The van der Waals surface area contributed by atoms with Gasteiger partial charge in [0.15, 0.2) is 0 Å². The lowest BCUT2D eigenvalue weighted by molar-refractivity contribution is -0.118. The molecule has 5 N–H and O–H groups in total. The molecule has 0 bridgehead atoms. The van der Waals surface area contributed by atoms with Crippen LogP contribution in [0.5, 0.6) is 0 Å². The Hall–Kier alpha value is -1.60. The molecule has 1 aromatic carbocycles. The Labute approximate surface area is 113 Å². The van der Waals surface area contributed by atoms with Gasteiger partial charge in [-0.3, -0.25) is 4.79 Å². The highest BCUT2D eigenvalue weighted by molar-refractivity contribution is 7.89. The van der Waals surface area contributed by atoms with Crippen molar-refractivity contribution in [3.8, 4) is 0 Å². The number of sulfonamides is 1. The number of rotatable bonds is 6. The zero-order valence-electron chi connectivity index (χ0n) is 11.0. The van der Waals surface area contributed by atoms with E-state index in [4.69, 9.17) is 11.5 Å². The fourth-order valence-corrected chi connectivity index (χ4v) is 3.02. The molecule has 0 heterocycles. The number of carbonyl (C=O) groups excluding carboxylic acids is 1. The van der Waals surface area contributed by atoms with Crippen molar-refractivity contribution >= 4 is 21.6 Å². The average molecular weight is 285 g/mol. The lowest BCUT2D eigenvalue weighted by Crippen LogP contribution is -2.35. The molecule has 7 heteroatoms. The van der Waals surface area contributed by atoms with Crippen molar-refractivity contribution in [2.75, 3.05) is 5.73 Å². The first-order chi connectivity index (χ1) is 8.76. The number of amides is 1. The number of anilines is 1. The average Bonchev–Trinajstić information content (AvgIpc) is 2.26. The summed E-state index contributed by atoms with van der Waals surface area (Å²) in [6.45, 7) is 3.51. The second-order valence-electron chi connectivity index (χ2n) is 4.41. The highest BCUT2D eigenvalue weighted by atomic mass is 32.2. The highest BCUT2D eigenvalue weighted by Crippen LogP contribution is 2.18. The van der Waals surface area contributed by atoms with Crippen LogP contribution in [0.15, 0.2) is 23.1 Å². The molecule has 1 unspecified atom stereocenters. The summed E-state index contributed by atoms with van der Waals surface area (Å²) in [6.07, 6.45) is 0.680. The molecule has 0 fully saturated rings. The summed E-state index contributed by atoms with van der Waals surface area (Å²) in [5.74, 6) is -0.559. The number of nitrogen functional groups attached to an aromatic ring is 1. The van der Waals surface area contributed by atoms with Gasteiger partial charge in [-0.15, -0.1) is 0 Å². The smallest absolute Gasteiger partial charge is 0.240 e. The molecule has 0 aliphatic heterocycles. The molecule has 0 spiro atoms. The van der Waals surface area contributed by atoms with Crippen molar-refractivity contribution in [2.45, 2.75) is 37.6 Å². The largest absolute Gasteiger partial charge is 0.398 e. The van der Waals surface area contributed by atoms with Crippen molar-refractivity contribution < 1.29 is 13.2 Å². The third kappa shape index (κ3) is 4.22. The second-order valence-corrected chi connectivity index (χ2v) is 6.12. The molecule has 1 aromatic rings. The van der Waals surface area contributed by atoms with E-state index < -0.39 is 22.0 Å². The quantitative estimate of drug-likeness (QED) is 0.655. The predicted molar refractivity (Wildman–Crippen MR) is 73.8 cm³/mol. The number of hydrogen-bond donors (Lipinski definition) is 3. The molecule has 0 aromatic heterocycles. The Morgan fingerprint density at radius 1 is 1.42 bits per heavy atom. The van der Waals surface area contributed by atoms with Crippen LogP contribution >= 0.6 is 0 Å². The minimum atomic E-state index is -3.69. The third-order valence-corrected chi connectivity index (χ3v) is 4.26. The number of primary amides is 1. The lowest BCUT2D eigenvalue weighted by atomic mass is 10.1. The first kappa shape index (κ1) is 15.5. The van der Waals surface area contributed by atoms with E-state index in [-0.39, 0.29) is 11.3 Å². The van der Waals surface area contributed by atoms with Crippen LogP contribution in [0.3, 0.4) is 0 Å². The maximum absolute atomic E-state index is 12.1. The zero-order chi connectivity index (χ0) is 14.6. The summed E-state index contributed by atoms with van der Waals surface area (Å²) in [7, 11) is -3.69. The highest BCUT2D eigenvalue weighted by Gasteiger charge is 2.19. The van der Waals surface area contributed by atoms with E-state index in [1.165, 1.54) is 12.1 Å². The van der Waals surface area contributed by atoms with Crippen LogP contribution in [-0.4, -0.2) is 20.4 Å². The summed E-state index contributed by atoms with van der Waals surface area (Å²) in [5, 5.41) is 0. The Morgan fingerprint density at radius 2 is 2.05 bits per heavy atom. The molecule has 0 radical (unpaired) electrons. The monoisotopic (exact) mass is 285 g/mol. The molecule has 0 aliphatic rings. The van der Waals surface area contributed by atoms with E-state index in [1.54, 1.807) is 13.0 Å². The number of aryl methyl sites for hydroxylation is 1. The van der Waals surface area contributed by atoms with E-state index >= 15 is 0 Å². The normalized spacial score (nSPS) is 13.2. The van der Waals surface area contributed by atoms with Gasteiger partial charge in [0.05, 0.1) is 4.90 Å². The first-order valence-electron chi connectivity index (χ1n) is 5.95. The number of nitrogens with two attached hydrogens (primary N) is 2.